The molecule has 0 aliphatic heterocycles. The molecule has 0 bridgehead atoms. The highest BCUT2D eigenvalue weighted by molar-refractivity contribution is 7.13. The summed E-state index contributed by atoms with van der Waals surface area (Å²) in [5.41, 5.74) is 0.988. The minimum Gasteiger partial charge on any atom is -0.368 e. The van der Waals surface area contributed by atoms with Gasteiger partial charge in [-0.25, -0.2) is 4.98 Å². The molecule has 0 aliphatic rings. The molecule has 124 valence electrons. The van der Waals surface area contributed by atoms with Crippen molar-refractivity contribution in [2.75, 3.05) is 11.9 Å². The number of rotatable bonds is 5. The molecule has 0 amide bonds. The first-order valence-corrected chi connectivity index (χ1v) is 8.05. The zero-order chi connectivity index (χ0) is 17.0. The third-order valence-corrected chi connectivity index (χ3v) is 4.15. The molecule has 0 saturated heterocycles. The molecule has 0 radical (unpaired) electrons. The van der Waals surface area contributed by atoms with Crippen LogP contribution < -0.4 is 5.32 Å². The number of nitrogens with zero attached hydrogens (tertiary/aromatic N) is 3. The maximum absolute atomic E-state index is 12.4. The third-order valence-electron chi connectivity index (χ3n) is 3.21. The van der Waals surface area contributed by atoms with Crippen molar-refractivity contribution in [2.45, 2.75) is 12.6 Å². The minimum absolute atomic E-state index is 0.307. The Kier molecular flexibility index (Phi) is 4.75. The van der Waals surface area contributed by atoms with E-state index in [1.54, 1.807) is 11.3 Å². The molecule has 8 heteroatoms. The van der Waals surface area contributed by atoms with Crippen molar-refractivity contribution in [3.63, 3.8) is 0 Å². The van der Waals surface area contributed by atoms with Gasteiger partial charge in [0.15, 0.2) is 5.69 Å². The summed E-state index contributed by atoms with van der Waals surface area (Å²) in [6, 6.07) is 12.0. The van der Waals surface area contributed by atoms with Crippen LogP contribution in [0.2, 0.25) is 0 Å². The first kappa shape index (κ1) is 16.4. The Bertz CT molecular complexity index is 785. The first-order chi connectivity index (χ1) is 11.5. The Morgan fingerprint density at radius 1 is 1.00 bits per heavy atom. The lowest BCUT2D eigenvalue weighted by atomic mass is 10.2. The van der Waals surface area contributed by atoms with Gasteiger partial charge in [0.1, 0.15) is 10.8 Å². The van der Waals surface area contributed by atoms with Gasteiger partial charge in [-0.2, -0.15) is 13.2 Å². The predicted molar refractivity (Wildman–Crippen MR) is 86.8 cm³/mol. The summed E-state index contributed by atoms with van der Waals surface area (Å²) in [6.45, 7) is 0.512. The van der Waals surface area contributed by atoms with Gasteiger partial charge in [0.2, 0.25) is 0 Å². The highest BCUT2D eigenvalue weighted by Crippen LogP contribution is 2.27. The summed E-state index contributed by atoms with van der Waals surface area (Å²) in [5.74, 6) is 0.307. The van der Waals surface area contributed by atoms with Gasteiger partial charge in [-0.1, -0.05) is 30.3 Å². The van der Waals surface area contributed by atoms with Gasteiger partial charge in [0.25, 0.3) is 0 Å². The van der Waals surface area contributed by atoms with E-state index in [2.05, 4.69) is 20.5 Å². The maximum Gasteiger partial charge on any atom is 0.435 e. The van der Waals surface area contributed by atoms with Gasteiger partial charge in [0.05, 0.1) is 5.69 Å². The fourth-order valence-corrected chi connectivity index (χ4v) is 2.89. The van der Waals surface area contributed by atoms with E-state index in [4.69, 9.17) is 0 Å². The number of hydrogen-bond donors (Lipinski definition) is 1. The number of nitrogens with one attached hydrogen (secondary N) is 1. The average Bonchev–Trinajstić information content (AvgIpc) is 3.04. The van der Waals surface area contributed by atoms with Crippen molar-refractivity contribution in [3.8, 4) is 10.6 Å². The van der Waals surface area contributed by atoms with Crippen molar-refractivity contribution in [1.29, 1.82) is 0 Å². The molecule has 0 atom stereocenters. The van der Waals surface area contributed by atoms with Crippen LogP contribution in [0.15, 0.2) is 47.8 Å². The Hall–Kier alpha value is -2.48. The molecule has 1 aromatic carbocycles. The summed E-state index contributed by atoms with van der Waals surface area (Å²) < 4.78 is 37.2. The molecule has 0 fully saturated rings. The van der Waals surface area contributed by atoms with Gasteiger partial charge in [-0.15, -0.1) is 21.5 Å². The number of thiazole rings is 1. The number of hydrogen-bond acceptors (Lipinski definition) is 5. The lowest BCUT2D eigenvalue weighted by molar-refractivity contribution is -0.141. The first-order valence-electron chi connectivity index (χ1n) is 7.17. The smallest absolute Gasteiger partial charge is 0.368 e. The summed E-state index contributed by atoms with van der Waals surface area (Å²) in [7, 11) is 0. The Labute approximate surface area is 140 Å². The van der Waals surface area contributed by atoms with E-state index in [0.29, 0.717) is 18.8 Å². The summed E-state index contributed by atoms with van der Waals surface area (Å²) >= 11 is 1.56. The Morgan fingerprint density at radius 2 is 1.79 bits per heavy atom. The minimum atomic E-state index is -4.47. The lowest BCUT2D eigenvalue weighted by Gasteiger charge is -2.06. The van der Waals surface area contributed by atoms with E-state index >= 15 is 0 Å². The van der Waals surface area contributed by atoms with Crippen LogP contribution in [-0.4, -0.2) is 21.7 Å². The third kappa shape index (κ3) is 4.08. The number of anilines is 1. The lowest BCUT2D eigenvalue weighted by Crippen LogP contribution is -2.11. The highest BCUT2D eigenvalue weighted by Gasteiger charge is 2.32. The SMILES string of the molecule is FC(F)(F)c1ccc(NCCc2csc(-c3ccccc3)n2)nn1. The molecule has 0 unspecified atom stereocenters. The van der Waals surface area contributed by atoms with Crippen LogP contribution in [0.25, 0.3) is 10.6 Å². The standard InChI is InChI=1S/C16H13F3N4S/c17-16(18,19)13-6-7-14(23-22-13)20-9-8-12-10-24-15(21-12)11-4-2-1-3-5-11/h1-7,10H,8-9H2,(H,20,23). The number of halogens is 3. The molecule has 4 nitrogen and oxygen atoms in total. The molecule has 24 heavy (non-hydrogen) atoms. The van der Waals surface area contributed by atoms with Gasteiger partial charge in [0, 0.05) is 23.9 Å². The van der Waals surface area contributed by atoms with E-state index < -0.39 is 11.9 Å². The number of aromatic nitrogens is 3. The van der Waals surface area contributed by atoms with Crippen molar-refractivity contribution in [1.82, 2.24) is 15.2 Å². The van der Waals surface area contributed by atoms with Gasteiger partial charge in [-0.05, 0) is 12.1 Å². The fraction of sp³-hybridized carbons (Fsp3) is 0.188. The van der Waals surface area contributed by atoms with Crippen LogP contribution in [0.4, 0.5) is 19.0 Å². The number of benzene rings is 1. The van der Waals surface area contributed by atoms with E-state index in [1.807, 2.05) is 35.7 Å². The molecule has 3 aromatic rings. The molecule has 3 rings (SSSR count). The second-order valence-corrected chi connectivity index (χ2v) is 5.85. The predicted octanol–water partition coefficient (Wildman–Crippen LogP) is 4.27. The highest BCUT2D eigenvalue weighted by atomic mass is 32.1. The van der Waals surface area contributed by atoms with Crippen LogP contribution in [-0.2, 0) is 12.6 Å². The zero-order valence-corrected chi connectivity index (χ0v) is 13.2. The topological polar surface area (TPSA) is 50.7 Å². The van der Waals surface area contributed by atoms with Crippen LogP contribution in [0.1, 0.15) is 11.4 Å². The second-order valence-electron chi connectivity index (χ2n) is 4.99. The van der Waals surface area contributed by atoms with Crippen molar-refractivity contribution in [2.24, 2.45) is 0 Å². The molecule has 0 aliphatic carbocycles. The monoisotopic (exact) mass is 350 g/mol. The molecular formula is C16H13F3N4S. The molecule has 2 heterocycles. The summed E-state index contributed by atoms with van der Waals surface area (Å²) in [5, 5.41) is 12.6. The Balaban J connectivity index is 1.54. The summed E-state index contributed by atoms with van der Waals surface area (Å²) in [4.78, 5) is 4.55. The normalized spacial score (nSPS) is 11.5. The molecule has 2 aromatic heterocycles. The second kappa shape index (κ2) is 6.96. The quantitative estimate of drug-likeness (QED) is 0.746. The van der Waals surface area contributed by atoms with Crippen molar-refractivity contribution >= 4 is 17.2 Å². The van der Waals surface area contributed by atoms with Crippen LogP contribution in [0.5, 0.6) is 0 Å². The number of alkyl halides is 3. The van der Waals surface area contributed by atoms with Crippen LogP contribution in [0, 0.1) is 0 Å². The Morgan fingerprint density at radius 3 is 2.46 bits per heavy atom. The molecule has 0 saturated carbocycles. The fourth-order valence-electron chi connectivity index (χ4n) is 2.03. The maximum atomic E-state index is 12.4. The van der Waals surface area contributed by atoms with E-state index in [9.17, 15) is 13.2 Å². The van der Waals surface area contributed by atoms with Gasteiger partial charge < -0.3 is 5.32 Å². The summed E-state index contributed by atoms with van der Waals surface area (Å²) in [6.07, 6.45) is -3.83. The molecular weight excluding hydrogens is 337 g/mol. The molecule has 0 spiro atoms. The van der Waals surface area contributed by atoms with Crippen molar-refractivity contribution in [3.05, 3.63) is 59.2 Å². The van der Waals surface area contributed by atoms with Gasteiger partial charge in [-0.3, -0.25) is 0 Å². The van der Waals surface area contributed by atoms with E-state index in [-0.39, 0.29) is 0 Å². The zero-order valence-electron chi connectivity index (χ0n) is 12.4. The largest absolute Gasteiger partial charge is 0.435 e. The van der Waals surface area contributed by atoms with Crippen LogP contribution >= 0.6 is 11.3 Å². The van der Waals surface area contributed by atoms with Crippen molar-refractivity contribution < 1.29 is 13.2 Å². The van der Waals surface area contributed by atoms with Gasteiger partial charge >= 0.3 is 6.18 Å². The average molecular weight is 350 g/mol. The van der Waals surface area contributed by atoms with Crippen LogP contribution in [0.3, 0.4) is 0 Å². The van der Waals surface area contributed by atoms with E-state index in [0.717, 1.165) is 22.3 Å². The molecule has 1 N–H and O–H groups in total. The van der Waals surface area contributed by atoms with E-state index in [1.165, 1.54) is 6.07 Å².